The van der Waals surface area contributed by atoms with Gasteiger partial charge in [0.05, 0.1) is 13.2 Å². The monoisotopic (exact) mass is 260 g/mol. The maximum absolute atomic E-state index is 11.7. The summed E-state index contributed by atoms with van der Waals surface area (Å²) < 4.78 is 9.87. The van der Waals surface area contributed by atoms with E-state index in [2.05, 4.69) is 5.32 Å². The third-order valence-corrected chi connectivity index (χ3v) is 2.72. The first-order valence-corrected chi connectivity index (χ1v) is 5.94. The van der Waals surface area contributed by atoms with Crippen molar-refractivity contribution in [3.8, 4) is 0 Å². The minimum Gasteiger partial charge on any atom is -0.480 e. The predicted molar refractivity (Wildman–Crippen MR) is 63.4 cm³/mol. The van der Waals surface area contributed by atoms with Gasteiger partial charge in [0, 0.05) is 32.7 Å². The van der Waals surface area contributed by atoms with Crippen LogP contribution in [0.4, 0.5) is 4.79 Å². The first-order valence-electron chi connectivity index (χ1n) is 5.94. The highest BCUT2D eigenvalue weighted by molar-refractivity contribution is 5.74. The molecule has 1 aliphatic rings. The highest BCUT2D eigenvalue weighted by Crippen LogP contribution is 2.15. The highest BCUT2D eigenvalue weighted by atomic mass is 16.5. The molecule has 1 aliphatic heterocycles. The van der Waals surface area contributed by atoms with Gasteiger partial charge in [0.15, 0.2) is 0 Å². The van der Waals surface area contributed by atoms with Crippen LogP contribution in [0.5, 0.6) is 0 Å². The zero-order chi connectivity index (χ0) is 13.4. The Morgan fingerprint density at radius 2 is 2.28 bits per heavy atom. The van der Waals surface area contributed by atoms with Crippen LogP contribution in [0.25, 0.3) is 0 Å². The number of aliphatic carboxylic acids is 1. The van der Waals surface area contributed by atoms with Crippen molar-refractivity contribution in [2.24, 2.45) is 5.92 Å². The number of ether oxygens (including phenoxy) is 2. The van der Waals surface area contributed by atoms with Crippen molar-refractivity contribution < 1.29 is 24.2 Å². The van der Waals surface area contributed by atoms with E-state index >= 15 is 0 Å². The van der Waals surface area contributed by atoms with Gasteiger partial charge in [0.25, 0.3) is 0 Å². The van der Waals surface area contributed by atoms with E-state index < -0.39 is 5.97 Å². The van der Waals surface area contributed by atoms with Crippen molar-refractivity contribution in [1.82, 2.24) is 10.2 Å². The molecule has 1 atom stereocenters. The van der Waals surface area contributed by atoms with Gasteiger partial charge in [-0.25, -0.2) is 9.59 Å². The number of hydrogen-bond acceptors (Lipinski definition) is 4. The number of methoxy groups -OCH3 is 1. The van der Waals surface area contributed by atoms with Crippen LogP contribution in [0.2, 0.25) is 0 Å². The molecule has 0 bridgehead atoms. The van der Waals surface area contributed by atoms with Crippen molar-refractivity contribution in [3.05, 3.63) is 0 Å². The molecule has 0 aromatic rings. The Morgan fingerprint density at radius 3 is 2.94 bits per heavy atom. The fourth-order valence-corrected chi connectivity index (χ4v) is 1.89. The molecule has 1 fully saturated rings. The van der Waals surface area contributed by atoms with Crippen molar-refractivity contribution in [2.45, 2.75) is 6.42 Å². The van der Waals surface area contributed by atoms with E-state index in [-0.39, 0.29) is 19.2 Å². The number of carbonyl (C=O) groups is 2. The lowest BCUT2D eigenvalue weighted by Crippen LogP contribution is -2.40. The number of nitrogens with one attached hydrogen (secondary N) is 1. The number of amides is 2. The molecule has 2 amide bonds. The molecule has 7 heteroatoms. The lowest BCUT2D eigenvalue weighted by Gasteiger charge is -2.17. The number of hydrogen-bond donors (Lipinski definition) is 2. The molecule has 18 heavy (non-hydrogen) atoms. The van der Waals surface area contributed by atoms with E-state index in [4.69, 9.17) is 14.6 Å². The predicted octanol–water partition coefficient (Wildman–Crippen LogP) is -0.234. The van der Waals surface area contributed by atoms with Crippen LogP contribution in [0.3, 0.4) is 0 Å². The summed E-state index contributed by atoms with van der Waals surface area (Å²) in [5, 5.41) is 11.0. The fraction of sp³-hybridized carbons (Fsp3) is 0.818. The zero-order valence-electron chi connectivity index (χ0n) is 10.6. The highest BCUT2D eigenvalue weighted by Gasteiger charge is 2.25. The van der Waals surface area contributed by atoms with Crippen molar-refractivity contribution in [3.63, 3.8) is 0 Å². The fourth-order valence-electron chi connectivity index (χ4n) is 1.89. The first kappa shape index (κ1) is 14.7. The van der Waals surface area contributed by atoms with Gasteiger partial charge in [0.2, 0.25) is 0 Å². The Hall–Kier alpha value is -1.34. The minimum atomic E-state index is -1.01. The molecule has 104 valence electrons. The van der Waals surface area contributed by atoms with E-state index in [1.54, 1.807) is 12.0 Å². The lowest BCUT2D eigenvalue weighted by molar-refractivity contribution is -0.142. The summed E-state index contributed by atoms with van der Waals surface area (Å²) in [7, 11) is 1.66. The van der Waals surface area contributed by atoms with E-state index in [9.17, 15) is 9.59 Å². The molecule has 1 saturated heterocycles. The van der Waals surface area contributed by atoms with E-state index in [1.165, 1.54) is 0 Å². The average Bonchev–Trinajstić information content (AvgIpc) is 2.77. The van der Waals surface area contributed by atoms with Gasteiger partial charge >= 0.3 is 12.0 Å². The summed E-state index contributed by atoms with van der Waals surface area (Å²) in [6.07, 6.45) is 0.955. The van der Waals surface area contributed by atoms with Crippen LogP contribution in [0.1, 0.15) is 6.42 Å². The van der Waals surface area contributed by atoms with E-state index in [0.29, 0.717) is 25.6 Å². The quantitative estimate of drug-likeness (QED) is 0.617. The number of nitrogens with zero attached hydrogens (tertiary/aromatic N) is 1. The number of carboxylic acids is 1. The summed E-state index contributed by atoms with van der Waals surface area (Å²) in [6.45, 7) is 2.29. The number of rotatable bonds is 7. The normalized spacial score (nSPS) is 18.9. The zero-order valence-corrected chi connectivity index (χ0v) is 10.6. The number of likely N-dealkylation sites (tertiary alicyclic amines) is 1. The van der Waals surface area contributed by atoms with Gasteiger partial charge < -0.3 is 24.8 Å². The average molecular weight is 260 g/mol. The molecule has 2 N–H and O–H groups in total. The summed E-state index contributed by atoms with van der Waals surface area (Å²) in [4.78, 5) is 23.6. The third kappa shape index (κ3) is 5.33. The summed E-state index contributed by atoms with van der Waals surface area (Å²) in [5.74, 6) is -0.604. The first-order chi connectivity index (χ1) is 8.63. The second kappa shape index (κ2) is 7.88. The molecule has 1 heterocycles. The van der Waals surface area contributed by atoms with E-state index in [0.717, 1.165) is 13.0 Å². The molecule has 1 rings (SSSR count). The SMILES string of the molecule is COCC1CCN(C(=O)NCCOCC(=O)O)C1. The van der Waals surface area contributed by atoms with Gasteiger partial charge in [-0.05, 0) is 6.42 Å². The maximum Gasteiger partial charge on any atom is 0.329 e. The van der Waals surface area contributed by atoms with Gasteiger partial charge in [-0.1, -0.05) is 0 Å². The molecule has 0 aromatic carbocycles. The summed E-state index contributed by atoms with van der Waals surface area (Å²) >= 11 is 0. The molecule has 0 spiro atoms. The van der Waals surface area contributed by atoms with Crippen molar-refractivity contribution >= 4 is 12.0 Å². The standard InChI is InChI=1S/C11H20N2O5/c1-17-7-9-2-4-13(6-9)11(16)12-3-5-18-8-10(14)15/h9H,2-8H2,1H3,(H,12,16)(H,14,15). The summed E-state index contributed by atoms with van der Waals surface area (Å²) in [6, 6.07) is -0.132. The van der Waals surface area contributed by atoms with Crippen LogP contribution >= 0.6 is 0 Å². The van der Waals surface area contributed by atoms with Gasteiger partial charge in [-0.15, -0.1) is 0 Å². The number of carboxylic acid groups (broad SMARTS) is 1. The molecule has 0 radical (unpaired) electrons. The van der Waals surface area contributed by atoms with Crippen LogP contribution in [-0.2, 0) is 14.3 Å². The second-order valence-electron chi connectivity index (χ2n) is 4.23. The number of urea groups is 1. The molecular weight excluding hydrogens is 240 g/mol. The smallest absolute Gasteiger partial charge is 0.329 e. The van der Waals surface area contributed by atoms with Crippen LogP contribution < -0.4 is 5.32 Å². The van der Waals surface area contributed by atoms with Gasteiger partial charge in [0.1, 0.15) is 6.61 Å². The Morgan fingerprint density at radius 1 is 1.50 bits per heavy atom. The van der Waals surface area contributed by atoms with Crippen molar-refractivity contribution in [2.75, 3.05) is 46.6 Å². The third-order valence-electron chi connectivity index (χ3n) is 2.72. The molecular formula is C11H20N2O5. The van der Waals surface area contributed by atoms with Crippen LogP contribution in [-0.4, -0.2) is 68.6 Å². The molecule has 1 unspecified atom stereocenters. The molecule has 0 aromatic heterocycles. The van der Waals surface area contributed by atoms with Crippen LogP contribution in [0.15, 0.2) is 0 Å². The van der Waals surface area contributed by atoms with Gasteiger partial charge in [-0.3, -0.25) is 0 Å². The Bertz CT molecular complexity index is 285. The van der Waals surface area contributed by atoms with E-state index in [1.807, 2.05) is 0 Å². The molecule has 7 nitrogen and oxygen atoms in total. The van der Waals surface area contributed by atoms with Crippen molar-refractivity contribution in [1.29, 1.82) is 0 Å². The topological polar surface area (TPSA) is 88.1 Å². The van der Waals surface area contributed by atoms with Crippen LogP contribution in [0, 0.1) is 5.92 Å². The molecule has 0 saturated carbocycles. The summed E-state index contributed by atoms with van der Waals surface area (Å²) in [5.41, 5.74) is 0. The lowest BCUT2D eigenvalue weighted by atomic mass is 10.1. The Balaban J connectivity index is 2.08. The minimum absolute atomic E-state index is 0.132. The molecule has 0 aliphatic carbocycles. The second-order valence-corrected chi connectivity index (χ2v) is 4.23. The Kier molecular flexibility index (Phi) is 6.45. The Labute approximate surface area is 106 Å². The largest absolute Gasteiger partial charge is 0.480 e. The number of carbonyl (C=O) groups excluding carboxylic acids is 1. The maximum atomic E-state index is 11.7. The van der Waals surface area contributed by atoms with Gasteiger partial charge in [-0.2, -0.15) is 0 Å².